The van der Waals surface area contributed by atoms with Gasteiger partial charge >= 0.3 is 21.1 Å². The van der Waals surface area contributed by atoms with E-state index in [1.807, 2.05) is 50.2 Å². The van der Waals surface area contributed by atoms with Gasteiger partial charge in [0.05, 0.1) is 0 Å². The Bertz CT molecular complexity index is 1530. The number of pyridine rings is 2. The van der Waals surface area contributed by atoms with Crippen LogP contribution in [0.1, 0.15) is 11.3 Å². The summed E-state index contributed by atoms with van der Waals surface area (Å²) >= 11 is 0. The standard InChI is InChI=1S/C30H21BN2O.Pt/c1-20-15-16-32-30(17-20)34-24-9-6-8-22(18-24)23-13-14-26-25-10-3-4-11-27(25)31(28(26)19-23)29-12-5-7-21(2)33-29;/h3-17H,1-2H3;/q-2;+2. The van der Waals surface area contributed by atoms with Crippen molar-refractivity contribution in [1.82, 2.24) is 9.97 Å². The van der Waals surface area contributed by atoms with Gasteiger partial charge in [-0.25, -0.2) is 16.1 Å². The van der Waals surface area contributed by atoms with E-state index in [2.05, 4.69) is 65.6 Å². The number of aryl methyl sites for hydroxylation is 2. The number of aromatic nitrogens is 2. The summed E-state index contributed by atoms with van der Waals surface area (Å²) in [6, 6.07) is 36.0. The van der Waals surface area contributed by atoms with Crippen molar-refractivity contribution >= 4 is 23.2 Å². The molecule has 0 spiro atoms. The summed E-state index contributed by atoms with van der Waals surface area (Å²) in [4.78, 5) is 9.17. The molecule has 6 rings (SSSR count). The molecule has 1 aliphatic heterocycles. The summed E-state index contributed by atoms with van der Waals surface area (Å²) in [6.45, 7) is 4.11. The van der Waals surface area contributed by atoms with E-state index in [0.29, 0.717) is 11.6 Å². The molecular formula is C30H21BN2OPt. The van der Waals surface area contributed by atoms with Crippen LogP contribution in [0.5, 0.6) is 11.6 Å². The first-order valence-corrected chi connectivity index (χ1v) is 11.4. The van der Waals surface area contributed by atoms with E-state index >= 15 is 0 Å². The van der Waals surface area contributed by atoms with Gasteiger partial charge in [-0.05, 0) is 37.6 Å². The molecule has 2 aromatic heterocycles. The van der Waals surface area contributed by atoms with E-state index in [0.717, 1.165) is 33.4 Å². The molecule has 5 aromatic rings. The zero-order chi connectivity index (χ0) is 23.1. The Morgan fingerprint density at radius 1 is 0.771 bits per heavy atom. The van der Waals surface area contributed by atoms with Crippen LogP contribution < -0.4 is 21.3 Å². The van der Waals surface area contributed by atoms with Gasteiger partial charge in [-0.15, -0.1) is 23.8 Å². The zero-order valence-corrected chi connectivity index (χ0v) is 21.6. The third-order valence-electron chi connectivity index (χ3n) is 6.20. The molecule has 0 saturated heterocycles. The molecule has 3 aromatic carbocycles. The molecule has 0 amide bonds. The van der Waals surface area contributed by atoms with Crippen LogP contribution in [0.15, 0.2) is 91.1 Å². The predicted octanol–water partition coefficient (Wildman–Crippen LogP) is 4.65. The van der Waals surface area contributed by atoms with Gasteiger partial charge in [0.25, 0.3) is 0 Å². The van der Waals surface area contributed by atoms with E-state index in [1.54, 1.807) is 6.20 Å². The minimum Gasteiger partial charge on any atom is -0.460 e. The first kappa shape index (κ1) is 23.3. The summed E-state index contributed by atoms with van der Waals surface area (Å²) < 4.78 is 5.98. The normalized spacial score (nSPS) is 11.4. The Balaban J connectivity index is 0.00000253. The number of ether oxygens (including phenoxy) is 1. The van der Waals surface area contributed by atoms with Crippen LogP contribution in [0.3, 0.4) is 0 Å². The Morgan fingerprint density at radius 3 is 2.46 bits per heavy atom. The number of benzene rings is 3. The molecule has 0 atom stereocenters. The van der Waals surface area contributed by atoms with Gasteiger partial charge in [0, 0.05) is 29.3 Å². The number of rotatable bonds is 4. The minimum atomic E-state index is 0. The van der Waals surface area contributed by atoms with Crippen LogP contribution in [0.2, 0.25) is 0 Å². The predicted molar refractivity (Wildman–Crippen MR) is 138 cm³/mol. The van der Waals surface area contributed by atoms with Gasteiger partial charge in [0.2, 0.25) is 12.6 Å². The van der Waals surface area contributed by atoms with Gasteiger partial charge < -0.3 is 4.74 Å². The van der Waals surface area contributed by atoms with E-state index < -0.39 is 0 Å². The molecule has 0 bridgehead atoms. The van der Waals surface area contributed by atoms with E-state index in [1.165, 1.54) is 16.6 Å². The number of hydrogen-bond donors (Lipinski definition) is 0. The Hall–Kier alpha value is -3.49. The maximum atomic E-state index is 5.98. The van der Waals surface area contributed by atoms with Crippen molar-refractivity contribution in [3.63, 3.8) is 0 Å². The molecule has 1 aliphatic rings. The maximum absolute atomic E-state index is 5.98. The second kappa shape index (κ2) is 9.64. The van der Waals surface area contributed by atoms with E-state index in [9.17, 15) is 0 Å². The molecule has 170 valence electrons. The number of fused-ring (bicyclic) bond motifs is 3. The van der Waals surface area contributed by atoms with Crippen LogP contribution >= 0.6 is 0 Å². The van der Waals surface area contributed by atoms with Crippen LogP contribution in [-0.2, 0) is 21.1 Å². The first-order chi connectivity index (χ1) is 16.7. The molecule has 35 heavy (non-hydrogen) atoms. The van der Waals surface area contributed by atoms with Crippen LogP contribution in [-0.4, -0.2) is 16.7 Å². The average molecular weight is 631 g/mol. The Labute approximate surface area is 220 Å². The van der Waals surface area contributed by atoms with Gasteiger partial charge in [-0.1, -0.05) is 41.4 Å². The summed E-state index contributed by atoms with van der Waals surface area (Å²) in [5, 5.41) is 0. The smallest absolute Gasteiger partial charge is 0.460 e. The van der Waals surface area contributed by atoms with E-state index in [4.69, 9.17) is 9.72 Å². The Kier molecular flexibility index (Phi) is 6.41. The largest absolute Gasteiger partial charge is 2.00 e. The molecule has 3 heterocycles. The van der Waals surface area contributed by atoms with Gasteiger partial charge in [-0.3, -0.25) is 4.98 Å². The summed E-state index contributed by atoms with van der Waals surface area (Å²) in [5.41, 5.74) is 9.96. The summed E-state index contributed by atoms with van der Waals surface area (Å²) in [7, 11) is 0. The van der Waals surface area contributed by atoms with Crippen molar-refractivity contribution in [2.45, 2.75) is 13.8 Å². The maximum Gasteiger partial charge on any atom is 2.00 e. The monoisotopic (exact) mass is 631 g/mol. The molecule has 0 aliphatic carbocycles. The van der Waals surface area contributed by atoms with Crippen molar-refractivity contribution in [3.8, 4) is 33.9 Å². The molecule has 3 nitrogen and oxygen atoms in total. The van der Waals surface area contributed by atoms with Crippen LogP contribution in [0, 0.1) is 26.0 Å². The zero-order valence-electron chi connectivity index (χ0n) is 19.4. The second-order valence-electron chi connectivity index (χ2n) is 8.63. The fourth-order valence-corrected chi connectivity index (χ4v) is 4.65. The molecule has 0 radical (unpaired) electrons. The first-order valence-electron chi connectivity index (χ1n) is 11.4. The molecule has 0 fully saturated rings. The summed E-state index contributed by atoms with van der Waals surface area (Å²) in [5.74, 6) is 1.19. The van der Waals surface area contributed by atoms with Gasteiger partial charge in [0.1, 0.15) is 0 Å². The van der Waals surface area contributed by atoms with Crippen molar-refractivity contribution in [2.24, 2.45) is 0 Å². The number of nitrogens with zero attached hydrogens (tertiary/aromatic N) is 2. The Morgan fingerprint density at radius 2 is 1.60 bits per heavy atom. The fraction of sp³-hybridized carbons (Fsp3) is 0.0667. The molecule has 5 heteroatoms. The van der Waals surface area contributed by atoms with Crippen LogP contribution in [0.25, 0.3) is 22.3 Å². The quantitative estimate of drug-likeness (QED) is 0.210. The van der Waals surface area contributed by atoms with Crippen molar-refractivity contribution < 1.29 is 25.8 Å². The van der Waals surface area contributed by atoms with Crippen molar-refractivity contribution in [1.29, 1.82) is 0 Å². The third-order valence-corrected chi connectivity index (χ3v) is 6.20. The summed E-state index contributed by atoms with van der Waals surface area (Å²) in [6.07, 6.45) is 1.75. The molecule has 0 unspecified atom stereocenters. The van der Waals surface area contributed by atoms with Crippen LogP contribution in [0.4, 0.5) is 0 Å². The van der Waals surface area contributed by atoms with Crippen molar-refractivity contribution in [3.05, 3.63) is 115 Å². The fourth-order valence-electron chi connectivity index (χ4n) is 4.65. The van der Waals surface area contributed by atoms with Gasteiger partial charge in [-0.2, -0.15) is 29.7 Å². The molecule has 0 saturated carbocycles. The van der Waals surface area contributed by atoms with E-state index in [-0.39, 0.29) is 27.8 Å². The molecular weight excluding hydrogens is 610 g/mol. The van der Waals surface area contributed by atoms with Crippen molar-refractivity contribution in [2.75, 3.05) is 0 Å². The average Bonchev–Trinajstić information content (AvgIpc) is 3.18. The third kappa shape index (κ3) is 4.47. The minimum absolute atomic E-state index is 0. The molecule has 0 N–H and O–H groups in total. The SMILES string of the molecule is Cc1ccnc(Oc2[c-]c(-c3[c-]c4c(cc3)-c3ccccc3B4c3cccc(C)n3)ccc2)c1.[Pt+2]. The van der Waals surface area contributed by atoms with Gasteiger partial charge in [0.15, 0.2) is 0 Å². The second-order valence-corrected chi connectivity index (χ2v) is 8.63. The topological polar surface area (TPSA) is 35.0 Å². The number of hydrogen-bond acceptors (Lipinski definition) is 3.